The van der Waals surface area contributed by atoms with Crippen molar-refractivity contribution in [2.75, 3.05) is 13.1 Å². The smallest absolute Gasteiger partial charge is 0.178 e. The van der Waals surface area contributed by atoms with Gasteiger partial charge in [0.2, 0.25) is 0 Å². The van der Waals surface area contributed by atoms with E-state index in [1.54, 1.807) is 12.5 Å². The lowest BCUT2D eigenvalue weighted by Gasteiger charge is -2.11. The van der Waals surface area contributed by atoms with Crippen LogP contribution in [0.5, 0.6) is 0 Å². The lowest BCUT2D eigenvalue weighted by atomic mass is 10.2. The van der Waals surface area contributed by atoms with Crippen LogP contribution in [0.2, 0.25) is 0 Å². The lowest BCUT2D eigenvalue weighted by molar-refractivity contribution is 0.477. The van der Waals surface area contributed by atoms with Crippen LogP contribution >= 0.6 is 0 Å². The highest BCUT2D eigenvalue weighted by molar-refractivity contribution is 5.47. The van der Waals surface area contributed by atoms with E-state index in [9.17, 15) is 0 Å². The van der Waals surface area contributed by atoms with E-state index < -0.39 is 0 Å². The number of aryl methyl sites for hydroxylation is 1. The summed E-state index contributed by atoms with van der Waals surface area (Å²) in [5, 5.41) is 15.7. The van der Waals surface area contributed by atoms with Gasteiger partial charge in [-0.25, -0.2) is 14.3 Å². The van der Waals surface area contributed by atoms with Crippen molar-refractivity contribution < 1.29 is 0 Å². The Labute approximate surface area is 98.8 Å². The number of aromatic nitrogens is 6. The summed E-state index contributed by atoms with van der Waals surface area (Å²) in [7, 11) is 0. The minimum atomic E-state index is 0.370. The van der Waals surface area contributed by atoms with Gasteiger partial charge in [-0.2, -0.15) is 5.10 Å². The van der Waals surface area contributed by atoms with E-state index in [0.717, 1.165) is 37.6 Å². The third-order valence-corrected chi connectivity index (χ3v) is 3.10. The molecule has 0 spiro atoms. The van der Waals surface area contributed by atoms with Crippen molar-refractivity contribution >= 4 is 0 Å². The second kappa shape index (κ2) is 4.25. The van der Waals surface area contributed by atoms with Crippen molar-refractivity contribution in [1.82, 2.24) is 35.1 Å². The molecule has 7 nitrogen and oxygen atoms in total. The van der Waals surface area contributed by atoms with Crippen LogP contribution in [0.25, 0.3) is 11.5 Å². The molecule has 1 saturated heterocycles. The Morgan fingerprint density at radius 2 is 2.47 bits per heavy atom. The topological polar surface area (TPSA) is 73.5 Å². The highest BCUT2D eigenvalue weighted by Gasteiger charge is 2.22. The molecule has 90 valence electrons. The van der Waals surface area contributed by atoms with Crippen LogP contribution in [0.3, 0.4) is 0 Å². The van der Waals surface area contributed by atoms with Crippen molar-refractivity contribution in [3.05, 3.63) is 12.5 Å². The van der Waals surface area contributed by atoms with Gasteiger partial charge in [-0.05, 0) is 19.9 Å². The molecule has 3 rings (SSSR count). The number of rotatable bonds is 3. The molecular weight excluding hydrogens is 218 g/mol. The van der Waals surface area contributed by atoms with Crippen LogP contribution in [0.1, 0.15) is 19.4 Å². The van der Waals surface area contributed by atoms with Gasteiger partial charge < -0.3 is 5.32 Å². The standard InChI is InChI=1S/C10H15N7/c1-2-16-10(12-7-14-16)9-6-13-15-17(9)8-3-4-11-5-8/h6-8,11H,2-5H2,1H3. The van der Waals surface area contributed by atoms with Gasteiger partial charge in [-0.1, -0.05) is 5.21 Å². The van der Waals surface area contributed by atoms with E-state index in [-0.39, 0.29) is 0 Å². The average molecular weight is 233 g/mol. The molecule has 0 saturated carbocycles. The van der Waals surface area contributed by atoms with Gasteiger partial charge in [0.05, 0.1) is 12.2 Å². The fourth-order valence-electron chi connectivity index (χ4n) is 2.22. The Balaban J connectivity index is 2.00. The molecule has 1 aliphatic rings. The van der Waals surface area contributed by atoms with Gasteiger partial charge in [0.15, 0.2) is 5.82 Å². The Morgan fingerprint density at radius 3 is 3.24 bits per heavy atom. The molecule has 0 aromatic carbocycles. The first-order valence-electron chi connectivity index (χ1n) is 5.89. The third-order valence-electron chi connectivity index (χ3n) is 3.10. The van der Waals surface area contributed by atoms with Gasteiger partial charge >= 0.3 is 0 Å². The second-order valence-corrected chi connectivity index (χ2v) is 4.11. The maximum absolute atomic E-state index is 4.29. The van der Waals surface area contributed by atoms with Crippen molar-refractivity contribution in [2.24, 2.45) is 0 Å². The molecule has 0 radical (unpaired) electrons. The molecule has 2 aromatic rings. The Bertz CT molecular complexity index is 494. The van der Waals surface area contributed by atoms with Gasteiger partial charge in [0.1, 0.15) is 12.0 Å². The van der Waals surface area contributed by atoms with E-state index >= 15 is 0 Å². The predicted molar refractivity (Wildman–Crippen MR) is 61.2 cm³/mol. The van der Waals surface area contributed by atoms with E-state index in [1.807, 2.05) is 16.3 Å². The van der Waals surface area contributed by atoms with Crippen molar-refractivity contribution in [3.63, 3.8) is 0 Å². The molecule has 0 aliphatic carbocycles. The highest BCUT2D eigenvalue weighted by atomic mass is 15.5. The van der Waals surface area contributed by atoms with E-state index in [2.05, 4.69) is 25.7 Å². The first kappa shape index (κ1) is 10.4. The first-order chi connectivity index (χ1) is 8.40. The minimum Gasteiger partial charge on any atom is -0.315 e. The Hall–Kier alpha value is -1.76. The maximum atomic E-state index is 4.29. The monoisotopic (exact) mass is 233 g/mol. The summed E-state index contributed by atoms with van der Waals surface area (Å²) in [5.74, 6) is 0.837. The van der Waals surface area contributed by atoms with Crippen molar-refractivity contribution in [2.45, 2.75) is 25.9 Å². The molecular formula is C10H15N7. The van der Waals surface area contributed by atoms with Crippen LogP contribution in [0.15, 0.2) is 12.5 Å². The summed E-state index contributed by atoms with van der Waals surface area (Å²) in [6.07, 6.45) is 4.41. The molecule has 1 aliphatic heterocycles. The summed E-state index contributed by atoms with van der Waals surface area (Å²) in [6, 6.07) is 0.370. The average Bonchev–Trinajstić information content (AvgIpc) is 3.09. The lowest BCUT2D eigenvalue weighted by Crippen LogP contribution is -2.16. The molecule has 2 aromatic heterocycles. The second-order valence-electron chi connectivity index (χ2n) is 4.11. The summed E-state index contributed by atoms with van der Waals surface area (Å²) in [5.41, 5.74) is 0.943. The molecule has 0 bridgehead atoms. The van der Waals surface area contributed by atoms with Crippen LogP contribution in [0, 0.1) is 0 Å². The minimum absolute atomic E-state index is 0.370. The van der Waals surface area contributed by atoms with Crippen LogP contribution in [-0.2, 0) is 6.54 Å². The van der Waals surface area contributed by atoms with Gasteiger partial charge in [-0.3, -0.25) is 0 Å². The predicted octanol–water partition coefficient (Wildman–Crippen LogP) is 0.0909. The zero-order valence-corrected chi connectivity index (χ0v) is 9.74. The molecule has 17 heavy (non-hydrogen) atoms. The fraction of sp³-hybridized carbons (Fsp3) is 0.600. The Morgan fingerprint density at radius 1 is 1.53 bits per heavy atom. The molecule has 1 fully saturated rings. The van der Waals surface area contributed by atoms with E-state index in [0.29, 0.717) is 6.04 Å². The van der Waals surface area contributed by atoms with Crippen molar-refractivity contribution in [3.8, 4) is 11.5 Å². The SMILES string of the molecule is CCn1ncnc1-c1cnnn1C1CCNC1. The largest absolute Gasteiger partial charge is 0.315 e. The fourth-order valence-corrected chi connectivity index (χ4v) is 2.22. The van der Waals surface area contributed by atoms with Gasteiger partial charge in [0.25, 0.3) is 0 Å². The quantitative estimate of drug-likeness (QED) is 0.813. The molecule has 3 heterocycles. The summed E-state index contributed by atoms with van der Waals surface area (Å²) in [4.78, 5) is 4.29. The van der Waals surface area contributed by atoms with Crippen LogP contribution < -0.4 is 5.32 Å². The number of nitrogens with zero attached hydrogens (tertiary/aromatic N) is 6. The molecule has 1 atom stereocenters. The van der Waals surface area contributed by atoms with Crippen LogP contribution in [0.4, 0.5) is 0 Å². The molecule has 0 amide bonds. The summed E-state index contributed by atoms with van der Waals surface area (Å²) >= 11 is 0. The maximum Gasteiger partial charge on any atom is 0.178 e. The third kappa shape index (κ3) is 1.72. The summed E-state index contributed by atoms with van der Waals surface area (Å²) in [6.45, 7) is 4.81. The number of hydrogen-bond acceptors (Lipinski definition) is 5. The number of hydrogen-bond donors (Lipinski definition) is 1. The molecule has 1 N–H and O–H groups in total. The summed E-state index contributed by atoms with van der Waals surface area (Å²) < 4.78 is 3.81. The van der Waals surface area contributed by atoms with E-state index in [1.165, 1.54) is 0 Å². The normalized spacial score (nSPS) is 19.9. The molecule has 1 unspecified atom stereocenters. The zero-order chi connectivity index (χ0) is 11.7. The first-order valence-corrected chi connectivity index (χ1v) is 5.89. The van der Waals surface area contributed by atoms with E-state index in [4.69, 9.17) is 0 Å². The number of nitrogens with one attached hydrogen (secondary N) is 1. The van der Waals surface area contributed by atoms with Gasteiger partial charge in [0, 0.05) is 13.1 Å². The highest BCUT2D eigenvalue weighted by Crippen LogP contribution is 2.22. The van der Waals surface area contributed by atoms with Crippen molar-refractivity contribution in [1.29, 1.82) is 0 Å². The van der Waals surface area contributed by atoms with Gasteiger partial charge in [-0.15, -0.1) is 5.10 Å². The zero-order valence-electron chi connectivity index (χ0n) is 9.74. The van der Waals surface area contributed by atoms with Crippen LogP contribution in [-0.4, -0.2) is 42.8 Å². The molecule has 7 heteroatoms. The Kier molecular flexibility index (Phi) is 2.60.